The Bertz CT molecular complexity index is 922. The normalized spacial score (nSPS) is 11.1. The molecule has 0 amide bonds. The fourth-order valence-corrected chi connectivity index (χ4v) is 3.22. The van der Waals surface area contributed by atoms with E-state index in [-0.39, 0.29) is 5.52 Å². The summed E-state index contributed by atoms with van der Waals surface area (Å²) in [5.41, 5.74) is 8.18. The van der Waals surface area contributed by atoms with Crippen molar-refractivity contribution >= 4 is 10.9 Å². The van der Waals surface area contributed by atoms with Gasteiger partial charge in [-0.15, -0.1) is 0 Å². The molecular weight excluding hydrogens is 338 g/mol. The lowest BCUT2D eigenvalue weighted by Gasteiger charge is -2.11. The first-order chi connectivity index (χ1) is 12.6. The van der Waals surface area contributed by atoms with E-state index >= 15 is 0 Å². The van der Waals surface area contributed by atoms with Crippen molar-refractivity contribution in [2.24, 2.45) is 5.73 Å². The third-order valence-electron chi connectivity index (χ3n) is 4.49. The number of unbranched alkanes of at least 4 members (excludes halogenated alkanes) is 1. The van der Waals surface area contributed by atoms with E-state index < -0.39 is 11.6 Å². The van der Waals surface area contributed by atoms with Crippen LogP contribution in [-0.4, -0.2) is 25.7 Å². The Morgan fingerprint density at radius 1 is 1.04 bits per heavy atom. The minimum atomic E-state index is -0.617. The van der Waals surface area contributed by atoms with Crippen molar-refractivity contribution in [3.8, 4) is 22.8 Å². The first-order valence-electron chi connectivity index (χ1n) is 8.51. The molecule has 0 fully saturated rings. The summed E-state index contributed by atoms with van der Waals surface area (Å²) in [6, 6.07) is 7.65. The predicted octanol–water partition coefficient (Wildman–Crippen LogP) is 4.41. The largest absolute Gasteiger partial charge is 0.497 e. The number of hydrogen-bond acceptors (Lipinski definition) is 3. The molecule has 0 aliphatic carbocycles. The second-order valence-corrected chi connectivity index (χ2v) is 6.10. The summed E-state index contributed by atoms with van der Waals surface area (Å²) >= 11 is 0. The van der Waals surface area contributed by atoms with Gasteiger partial charge in [0.25, 0.3) is 0 Å². The van der Waals surface area contributed by atoms with Crippen LogP contribution in [0.3, 0.4) is 0 Å². The van der Waals surface area contributed by atoms with E-state index in [0.29, 0.717) is 35.5 Å². The molecule has 0 spiro atoms. The first-order valence-corrected chi connectivity index (χ1v) is 8.51. The van der Waals surface area contributed by atoms with E-state index in [4.69, 9.17) is 15.2 Å². The maximum Gasteiger partial charge on any atom is 0.150 e. The van der Waals surface area contributed by atoms with Gasteiger partial charge in [0.2, 0.25) is 0 Å². The van der Waals surface area contributed by atoms with Crippen LogP contribution in [0.4, 0.5) is 8.78 Å². The molecule has 3 aromatic rings. The number of aromatic amines is 1. The number of fused-ring (bicyclic) bond motifs is 1. The number of nitrogens with two attached hydrogens (primary N) is 1. The lowest BCUT2D eigenvalue weighted by atomic mass is 9.99. The number of ether oxygens (including phenoxy) is 2. The van der Waals surface area contributed by atoms with Gasteiger partial charge < -0.3 is 20.2 Å². The molecule has 3 rings (SSSR count). The zero-order chi connectivity index (χ0) is 18.7. The van der Waals surface area contributed by atoms with Gasteiger partial charge in [-0.3, -0.25) is 0 Å². The van der Waals surface area contributed by atoms with Crippen LogP contribution in [0.15, 0.2) is 30.3 Å². The lowest BCUT2D eigenvalue weighted by Crippen LogP contribution is -1.99. The summed E-state index contributed by atoms with van der Waals surface area (Å²) in [5.74, 6) is 0.0590. The number of aromatic nitrogens is 1. The molecule has 0 aliphatic rings. The topological polar surface area (TPSA) is 60.3 Å². The lowest BCUT2D eigenvalue weighted by molar-refractivity contribution is 0.404. The Balaban J connectivity index is 2.24. The van der Waals surface area contributed by atoms with E-state index in [2.05, 4.69) is 4.98 Å². The van der Waals surface area contributed by atoms with Crippen molar-refractivity contribution in [3.05, 3.63) is 47.5 Å². The molecule has 26 heavy (non-hydrogen) atoms. The Labute approximate surface area is 150 Å². The number of benzene rings is 2. The van der Waals surface area contributed by atoms with Gasteiger partial charge in [0.05, 0.1) is 25.4 Å². The van der Waals surface area contributed by atoms with Gasteiger partial charge in [0.1, 0.15) is 23.1 Å². The number of nitrogens with one attached hydrogen (secondary N) is 1. The van der Waals surface area contributed by atoms with Crippen molar-refractivity contribution < 1.29 is 18.3 Å². The number of aryl methyl sites for hydroxylation is 1. The van der Waals surface area contributed by atoms with Crippen LogP contribution in [0, 0.1) is 11.6 Å². The number of halogens is 2. The quantitative estimate of drug-likeness (QED) is 0.614. The van der Waals surface area contributed by atoms with Gasteiger partial charge in [-0.05, 0) is 55.6 Å². The average molecular weight is 360 g/mol. The third-order valence-corrected chi connectivity index (χ3v) is 4.49. The van der Waals surface area contributed by atoms with Crippen molar-refractivity contribution in [1.29, 1.82) is 0 Å². The van der Waals surface area contributed by atoms with Crippen LogP contribution in [0.5, 0.6) is 11.5 Å². The minimum absolute atomic E-state index is 0.286. The second-order valence-electron chi connectivity index (χ2n) is 6.10. The fourth-order valence-electron chi connectivity index (χ4n) is 3.22. The van der Waals surface area contributed by atoms with Crippen LogP contribution in [-0.2, 0) is 6.42 Å². The van der Waals surface area contributed by atoms with Crippen LogP contribution in [0.1, 0.15) is 18.4 Å². The zero-order valence-corrected chi connectivity index (χ0v) is 14.9. The number of methoxy groups -OCH3 is 2. The van der Waals surface area contributed by atoms with E-state index in [1.807, 2.05) is 6.07 Å². The second kappa shape index (κ2) is 7.74. The van der Waals surface area contributed by atoms with Crippen molar-refractivity contribution in [1.82, 2.24) is 4.98 Å². The van der Waals surface area contributed by atoms with Crippen LogP contribution >= 0.6 is 0 Å². The van der Waals surface area contributed by atoms with Gasteiger partial charge in [-0.2, -0.15) is 0 Å². The highest BCUT2D eigenvalue weighted by Gasteiger charge is 2.19. The first kappa shape index (κ1) is 18.2. The molecule has 138 valence electrons. The summed E-state index contributed by atoms with van der Waals surface area (Å²) in [7, 11) is 3.15. The molecule has 0 aliphatic heterocycles. The number of rotatable bonds is 7. The fraction of sp³-hybridized carbons (Fsp3) is 0.300. The standard InChI is InChI=1S/C20H22F2N2O2/c1-25-13-6-7-18(26-2)16(11-13)19-14(5-3-4-8-23)15-9-12(21)10-17(22)20(15)24-19/h6-7,9-11,24H,3-5,8,23H2,1-2H3. The summed E-state index contributed by atoms with van der Waals surface area (Å²) in [5, 5.41) is 0.541. The maximum absolute atomic E-state index is 14.3. The summed E-state index contributed by atoms with van der Waals surface area (Å²) < 4.78 is 38.9. The molecule has 0 saturated heterocycles. The predicted molar refractivity (Wildman–Crippen MR) is 98.7 cm³/mol. The van der Waals surface area contributed by atoms with Gasteiger partial charge >= 0.3 is 0 Å². The minimum Gasteiger partial charge on any atom is -0.497 e. The molecule has 0 saturated carbocycles. The van der Waals surface area contributed by atoms with Gasteiger partial charge in [-0.1, -0.05) is 0 Å². The molecule has 0 radical (unpaired) electrons. The van der Waals surface area contributed by atoms with Crippen LogP contribution in [0.2, 0.25) is 0 Å². The monoisotopic (exact) mass is 360 g/mol. The number of hydrogen-bond donors (Lipinski definition) is 2. The molecule has 3 N–H and O–H groups in total. The molecule has 6 heteroatoms. The van der Waals surface area contributed by atoms with E-state index in [0.717, 1.165) is 30.0 Å². The van der Waals surface area contributed by atoms with Crippen molar-refractivity contribution in [3.63, 3.8) is 0 Å². The molecule has 0 unspecified atom stereocenters. The van der Waals surface area contributed by atoms with Crippen LogP contribution < -0.4 is 15.2 Å². The highest BCUT2D eigenvalue weighted by atomic mass is 19.1. The Morgan fingerprint density at radius 2 is 1.85 bits per heavy atom. The Morgan fingerprint density at radius 3 is 2.54 bits per heavy atom. The molecule has 4 nitrogen and oxygen atoms in total. The Kier molecular flexibility index (Phi) is 5.42. The number of H-pyrrole nitrogens is 1. The Hall–Kier alpha value is -2.60. The average Bonchev–Trinajstić information content (AvgIpc) is 3.00. The molecule has 1 aromatic heterocycles. The van der Waals surface area contributed by atoms with E-state index in [9.17, 15) is 8.78 Å². The highest BCUT2D eigenvalue weighted by molar-refractivity contribution is 5.92. The van der Waals surface area contributed by atoms with Gasteiger partial charge in [-0.25, -0.2) is 8.78 Å². The van der Waals surface area contributed by atoms with E-state index in [1.165, 1.54) is 6.07 Å². The van der Waals surface area contributed by atoms with Crippen molar-refractivity contribution in [2.75, 3.05) is 20.8 Å². The molecule has 0 atom stereocenters. The van der Waals surface area contributed by atoms with Gasteiger partial charge in [0, 0.05) is 17.0 Å². The zero-order valence-electron chi connectivity index (χ0n) is 14.9. The SMILES string of the molecule is COc1ccc(OC)c(-c2[nH]c3c(F)cc(F)cc3c2CCCCN)c1. The van der Waals surface area contributed by atoms with Crippen LogP contribution in [0.25, 0.3) is 22.2 Å². The summed E-state index contributed by atoms with van der Waals surface area (Å²) in [4.78, 5) is 3.12. The highest BCUT2D eigenvalue weighted by Crippen LogP contribution is 2.39. The molecule has 1 heterocycles. The molecule has 2 aromatic carbocycles. The summed E-state index contributed by atoms with van der Waals surface area (Å²) in [6.45, 7) is 0.572. The van der Waals surface area contributed by atoms with Gasteiger partial charge in [0.15, 0.2) is 0 Å². The molecular formula is C20H22F2N2O2. The van der Waals surface area contributed by atoms with E-state index in [1.54, 1.807) is 26.4 Å². The summed E-state index contributed by atoms with van der Waals surface area (Å²) in [6.07, 6.45) is 2.30. The smallest absolute Gasteiger partial charge is 0.150 e. The van der Waals surface area contributed by atoms with Crippen molar-refractivity contribution in [2.45, 2.75) is 19.3 Å². The molecule has 0 bridgehead atoms. The third kappa shape index (κ3) is 3.37. The maximum atomic E-state index is 14.3.